The van der Waals surface area contributed by atoms with Crippen LogP contribution in [-0.2, 0) is 14.3 Å². The zero-order chi connectivity index (χ0) is 14.2. The number of carboxylic acids is 1. The monoisotopic (exact) mass is 298 g/mol. The third-order valence-corrected chi connectivity index (χ3v) is 2.99. The van der Waals surface area contributed by atoms with E-state index in [0.717, 1.165) is 13.0 Å². The van der Waals surface area contributed by atoms with Crippen LogP contribution in [0.5, 0.6) is 0 Å². The molecule has 0 saturated heterocycles. The Bertz CT molecular complexity index is 200. The number of hydrogen-bond donors (Lipinski definition) is 1. The molecule has 0 aliphatic rings. The molecule has 4 nitrogen and oxygen atoms in total. The third-order valence-electron chi connectivity index (χ3n) is 2.99. The Hall–Kier alpha value is 0.390. The van der Waals surface area contributed by atoms with Gasteiger partial charge in [0.15, 0.2) is 0 Å². The summed E-state index contributed by atoms with van der Waals surface area (Å²) in [6.07, 6.45) is 11.8. The van der Waals surface area contributed by atoms with Crippen LogP contribution in [0, 0.1) is 0 Å². The maximum absolute atomic E-state index is 10.2. The van der Waals surface area contributed by atoms with Crippen LogP contribution in [-0.4, -0.2) is 67.1 Å². The van der Waals surface area contributed by atoms with E-state index >= 15 is 0 Å². The number of ether oxygens (including phenoxy) is 2. The molecule has 0 atom stereocenters. The van der Waals surface area contributed by atoms with Crippen LogP contribution in [0.15, 0.2) is 0 Å². The summed E-state index contributed by atoms with van der Waals surface area (Å²) in [4.78, 5) is 10.2. The first-order valence-electron chi connectivity index (χ1n) is 7.64. The van der Waals surface area contributed by atoms with Gasteiger partial charge in [-0.15, -0.1) is 0 Å². The van der Waals surface area contributed by atoms with E-state index in [0.29, 0.717) is 13.2 Å². The minimum absolute atomic E-state index is 0. The van der Waals surface area contributed by atoms with E-state index in [4.69, 9.17) is 14.6 Å². The first-order chi connectivity index (χ1) is 9.27. The summed E-state index contributed by atoms with van der Waals surface area (Å²) in [5.41, 5.74) is 0. The van der Waals surface area contributed by atoms with Crippen LogP contribution in [0.25, 0.3) is 0 Å². The SMILES string of the molecule is CCCCCCCCCCCOCCOCC(=O)O.[NaH]. The molecule has 20 heavy (non-hydrogen) atoms. The standard InChI is InChI=1S/C15H30O4.Na.H/c1-2-3-4-5-6-7-8-9-10-11-18-12-13-19-14-15(16)17;;/h2-14H2,1H3,(H,16,17);;. The molecule has 5 heteroatoms. The first kappa shape index (κ1) is 22.7. The van der Waals surface area contributed by atoms with Gasteiger partial charge in [-0.1, -0.05) is 58.3 Å². The van der Waals surface area contributed by atoms with E-state index in [1.807, 2.05) is 0 Å². The van der Waals surface area contributed by atoms with Crippen molar-refractivity contribution in [3.05, 3.63) is 0 Å². The summed E-state index contributed by atoms with van der Waals surface area (Å²) in [5, 5.41) is 8.34. The van der Waals surface area contributed by atoms with Crippen LogP contribution < -0.4 is 0 Å². The molecular formula is C15H31NaO4. The average Bonchev–Trinajstić information content (AvgIpc) is 2.39. The molecule has 0 unspecified atom stereocenters. The van der Waals surface area contributed by atoms with Gasteiger partial charge in [0.2, 0.25) is 0 Å². The summed E-state index contributed by atoms with van der Waals surface area (Å²) in [7, 11) is 0. The molecule has 0 aliphatic heterocycles. The van der Waals surface area contributed by atoms with Crippen LogP contribution in [0.4, 0.5) is 0 Å². The van der Waals surface area contributed by atoms with Gasteiger partial charge in [0.1, 0.15) is 6.61 Å². The molecule has 1 N–H and O–H groups in total. The Morgan fingerprint density at radius 3 is 1.85 bits per heavy atom. The molecule has 0 radical (unpaired) electrons. The molecule has 116 valence electrons. The van der Waals surface area contributed by atoms with Crippen LogP contribution >= 0.6 is 0 Å². The quantitative estimate of drug-likeness (QED) is 0.373. The second-order valence-electron chi connectivity index (χ2n) is 4.89. The Balaban J connectivity index is 0. The van der Waals surface area contributed by atoms with Crippen molar-refractivity contribution >= 4 is 35.5 Å². The van der Waals surface area contributed by atoms with Crippen molar-refractivity contribution in [3.63, 3.8) is 0 Å². The molecule has 0 amide bonds. The van der Waals surface area contributed by atoms with Crippen LogP contribution in [0.1, 0.15) is 64.7 Å². The van der Waals surface area contributed by atoms with Crippen molar-refractivity contribution in [2.24, 2.45) is 0 Å². The van der Waals surface area contributed by atoms with Gasteiger partial charge >= 0.3 is 35.5 Å². The van der Waals surface area contributed by atoms with Gasteiger partial charge in [-0.3, -0.25) is 0 Å². The van der Waals surface area contributed by atoms with E-state index < -0.39 is 5.97 Å². The third kappa shape index (κ3) is 20.7. The molecular weight excluding hydrogens is 267 g/mol. The van der Waals surface area contributed by atoms with Crippen molar-refractivity contribution in [2.75, 3.05) is 26.4 Å². The van der Waals surface area contributed by atoms with Crippen LogP contribution in [0.3, 0.4) is 0 Å². The van der Waals surface area contributed by atoms with Gasteiger partial charge in [-0.05, 0) is 6.42 Å². The van der Waals surface area contributed by atoms with Gasteiger partial charge < -0.3 is 14.6 Å². The average molecular weight is 298 g/mol. The van der Waals surface area contributed by atoms with Crippen molar-refractivity contribution in [2.45, 2.75) is 64.7 Å². The van der Waals surface area contributed by atoms with E-state index in [1.54, 1.807) is 0 Å². The van der Waals surface area contributed by atoms with Gasteiger partial charge in [0.05, 0.1) is 13.2 Å². The fourth-order valence-electron chi connectivity index (χ4n) is 1.89. The second kappa shape index (κ2) is 19.4. The fraction of sp³-hybridized carbons (Fsp3) is 0.933. The molecule has 0 aromatic carbocycles. The van der Waals surface area contributed by atoms with Crippen molar-refractivity contribution in [1.29, 1.82) is 0 Å². The molecule has 0 bridgehead atoms. The minimum atomic E-state index is -0.932. The number of carbonyl (C=O) groups is 1. The van der Waals surface area contributed by atoms with Crippen LogP contribution in [0.2, 0.25) is 0 Å². The number of aliphatic carboxylic acids is 1. The predicted molar refractivity (Wildman–Crippen MR) is 83.6 cm³/mol. The molecule has 0 saturated carbocycles. The Labute approximate surface area is 145 Å². The second-order valence-corrected chi connectivity index (χ2v) is 4.89. The van der Waals surface area contributed by atoms with E-state index in [1.165, 1.54) is 51.4 Å². The number of rotatable bonds is 15. The van der Waals surface area contributed by atoms with Gasteiger partial charge in [0.25, 0.3) is 0 Å². The summed E-state index contributed by atoms with van der Waals surface area (Å²) < 4.78 is 10.2. The predicted octanol–water partition coefficient (Wildman–Crippen LogP) is 2.99. The molecule has 0 aromatic rings. The summed E-state index contributed by atoms with van der Waals surface area (Å²) in [5.74, 6) is -0.932. The number of unbranched alkanes of at least 4 members (excludes halogenated alkanes) is 8. The topological polar surface area (TPSA) is 55.8 Å². The summed E-state index contributed by atoms with van der Waals surface area (Å²) >= 11 is 0. The van der Waals surface area contributed by atoms with Gasteiger partial charge in [-0.25, -0.2) is 4.79 Å². The Kier molecular flexibility index (Phi) is 22.0. The van der Waals surface area contributed by atoms with E-state index in [9.17, 15) is 4.79 Å². The number of carboxylic acid groups (broad SMARTS) is 1. The van der Waals surface area contributed by atoms with E-state index in [2.05, 4.69) is 6.92 Å². The first-order valence-corrected chi connectivity index (χ1v) is 7.64. The maximum atomic E-state index is 10.2. The van der Waals surface area contributed by atoms with Crippen molar-refractivity contribution in [1.82, 2.24) is 0 Å². The molecule has 0 aromatic heterocycles. The van der Waals surface area contributed by atoms with E-state index in [-0.39, 0.29) is 36.2 Å². The number of hydrogen-bond acceptors (Lipinski definition) is 3. The van der Waals surface area contributed by atoms with Crippen molar-refractivity contribution in [3.8, 4) is 0 Å². The molecule has 0 aliphatic carbocycles. The fourth-order valence-corrected chi connectivity index (χ4v) is 1.89. The van der Waals surface area contributed by atoms with Gasteiger partial charge in [0, 0.05) is 6.61 Å². The normalized spacial score (nSPS) is 10.2. The zero-order valence-corrected chi connectivity index (χ0v) is 12.4. The molecule has 0 fully saturated rings. The summed E-state index contributed by atoms with van der Waals surface area (Å²) in [6, 6.07) is 0. The van der Waals surface area contributed by atoms with Crippen molar-refractivity contribution < 1.29 is 19.4 Å². The Morgan fingerprint density at radius 1 is 0.800 bits per heavy atom. The molecule has 0 rings (SSSR count). The molecule has 0 heterocycles. The Morgan fingerprint density at radius 2 is 1.30 bits per heavy atom. The zero-order valence-electron chi connectivity index (χ0n) is 12.4. The molecule has 0 spiro atoms. The van der Waals surface area contributed by atoms with Gasteiger partial charge in [-0.2, -0.15) is 0 Å². The summed E-state index contributed by atoms with van der Waals surface area (Å²) in [6.45, 7) is 3.62.